The van der Waals surface area contributed by atoms with Crippen LogP contribution in [0.1, 0.15) is 19.3 Å². The van der Waals surface area contributed by atoms with Gasteiger partial charge in [-0.25, -0.2) is 9.89 Å². The molecular formula is C15H20N6O3. The summed E-state index contributed by atoms with van der Waals surface area (Å²) >= 11 is 0. The first-order valence-corrected chi connectivity index (χ1v) is 7.91. The van der Waals surface area contributed by atoms with E-state index in [9.17, 15) is 14.4 Å². The van der Waals surface area contributed by atoms with Crippen LogP contribution in [-0.2, 0) is 7.05 Å². The van der Waals surface area contributed by atoms with Crippen LogP contribution in [0.5, 0.6) is 0 Å². The van der Waals surface area contributed by atoms with Crippen LogP contribution < -0.4 is 27.0 Å². The van der Waals surface area contributed by atoms with Gasteiger partial charge in [0.1, 0.15) is 11.6 Å². The molecule has 0 spiro atoms. The lowest BCUT2D eigenvalue weighted by atomic mass is 10.0. The first kappa shape index (κ1) is 16.0. The zero-order valence-electron chi connectivity index (χ0n) is 13.4. The van der Waals surface area contributed by atoms with Crippen LogP contribution in [0.25, 0.3) is 0 Å². The van der Waals surface area contributed by atoms with Crippen molar-refractivity contribution in [3.8, 4) is 0 Å². The zero-order valence-corrected chi connectivity index (χ0v) is 13.4. The Hall–Kier alpha value is -2.84. The minimum atomic E-state index is -0.451. The maximum Gasteiger partial charge on any atom is 0.329 e. The second kappa shape index (κ2) is 6.73. The van der Waals surface area contributed by atoms with E-state index in [-0.39, 0.29) is 17.2 Å². The molecule has 0 amide bonds. The number of piperidine rings is 1. The van der Waals surface area contributed by atoms with Crippen molar-refractivity contribution in [1.29, 1.82) is 0 Å². The fourth-order valence-corrected chi connectivity index (χ4v) is 2.89. The number of aromatic nitrogens is 4. The van der Waals surface area contributed by atoms with Crippen LogP contribution in [-0.4, -0.2) is 38.9 Å². The average Bonchev–Trinajstić information content (AvgIpc) is 2.59. The molecule has 128 valence electrons. The van der Waals surface area contributed by atoms with Crippen molar-refractivity contribution in [2.24, 2.45) is 7.05 Å². The molecule has 2 aromatic heterocycles. The highest BCUT2D eigenvalue weighted by molar-refractivity contribution is 5.40. The van der Waals surface area contributed by atoms with Gasteiger partial charge >= 0.3 is 5.69 Å². The van der Waals surface area contributed by atoms with Crippen LogP contribution in [0, 0.1) is 0 Å². The highest BCUT2D eigenvalue weighted by Gasteiger charge is 2.23. The van der Waals surface area contributed by atoms with Crippen molar-refractivity contribution in [3.63, 3.8) is 0 Å². The Morgan fingerprint density at radius 1 is 1.29 bits per heavy atom. The molecule has 1 fully saturated rings. The number of rotatable bonds is 4. The van der Waals surface area contributed by atoms with Gasteiger partial charge in [-0.2, -0.15) is 5.10 Å². The van der Waals surface area contributed by atoms with E-state index in [1.165, 1.54) is 19.2 Å². The topological polar surface area (TPSA) is 116 Å². The summed E-state index contributed by atoms with van der Waals surface area (Å²) in [6, 6.07) is 4.69. The van der Waals surface area contributed by atoms with Gasteiger partial charge in [-0.15, -0.1) is 0 Å². The van der Waals surface area contributed by atoms with Crippen LogP contribution in [0.15, 0.2) is 32.6 Å². The van der Waals surface area contributed by atoms with Crippen molar-refractivity contribution < 1.29 is 0 Å². The molecule has 0 radical (unpaired) electrons. The van der Waals surface area contributed by atoms with Crippen molar-refractivity contribution in [1.82, 2.24) is 19.7 Å². The van der Waals surface area contributed by atoms with E-state index in [0.29, 0.717) is 12.4 Å². The van der Waals surface area contributed by atoms with Crippen LogP contribution >= 0.6 is 0 Å². The number of nitrogens with zero attached hydrogens (tertiary/aromatic N) is 3. The lowest BCUT2D eigenvalue weighted by Crippen LogP contribution is -2.45. The third-order valence-electron chi connectivity index (χ3n) is 4.26. The standard InChI is InChI=1S/C15H20N6O3/c1-20-14(23)8-11(17-15(20)24)16-9-10-4-2-3-7-21(10)12-5-6-13(22)19-18-12/h5-6,8,10,16H,2-4,7,9H2,1H3,(H,17,24)(H,19,22). The maximum absolute atomic E-state index is 11.7. The number of anilines is 2. The largest absolute Gasteiger partial charge is 0.369 e. The normalized spacial score (nSPS) is 17.7. The van der Waals surface area contributed by atoms with Gasteiger partial charge in [-0.05, 0) is 25.3 Å². The molecule has 24 heavy (non-hydrogen) atoms. The van der Waals surface area contributed by atoms with E-state index in [4.69, 9.17) is 0 Å². The molecule has 1 aliphatic heterocycles. The number of hydrogen-bond acceptors (Lipinski definition) is 6. The molecule has 1 aliphatic rings. The number of hydrogen-bond donors (Lipinski definition) is 3. The highest BCUT2D eigenvalue weighted by Crippen LogP contribution is 2.22. The van der Waals surface area contributed by atoms with E-state index in [2.05, 4.69) is 25.4 Å². The molecule has 2 aromatic rings. The van der Waals surface area contributed by atoms with E-state index in [1.807, 2.05) is 0 Å². The molecule has 1 unspecified atom stereocenters. The third-order valence-corrected chi connectivity index (χ3v) is 4.26. The van der Waals surface area contributed by atoms with Gasteiger partial charge in [0.2, 0.25) is 0 Å². The summed E-state index contributed by atoms with van der Waals surface area (Å²) in [6.07, 6.45) is 3.11. The zero-order chi connectivity index (χ0) is 17.1. The summed E-state index contributed by atoms with van der Waals surface area (Å²) in [5.74, 6) is 1.13. The summed E-state index contributed by atoms with van der Waals surface area (Å²) in [6.45, 7) is 1.41. The summed E-state index contributed by atoms with van der Waals surface area (Å²) < 4.78 is 1.02. The fraction of sp³-hybridized carbons (Fsp3) is 0.467. The van der Waals surface area contributed by atoms with E-state index in [1.54, 1.807) is 6.07 Å². The molecule has 3 rings (SSSR count). The Balaban J connectivity index is 1.75. The molecule has 0 bridgehead atoms. The van der Waals surface area contributed by atoms with E-state index < -0.39 is 5.69 Å². The van der Waals surface area contributed by atoms with Gasteiger partial charge in [0.15, 0.2) is 0 Å². The molecule has 0 aliphatic carbocycles. The summed E-state index contributed by atoms with van der Waals surface area (Å²) in [4.78, 5) is 39.3. The highest BCUT2D eigenvalue weighted by atomic mass is 16.2. The second-order valence-corrected chi connectivity index (χ2v) is 5.89. The molecule has 0 aromatic carbocycles. The van der Waals surface area contributed by atoms with Crippen LogP contribution in [0.3, 0.4) is 0 Å². The summed E-state index contributed by atoms with van der Waals surface area (Å²) in [5.41, 5.74) is -1.04. The van der Waals surface area contributed by atoms with Gasteiger partial charge in [-0.3, -0.25) is 19.1 Å². The fourth-order valence-electron chi connectivity index (χ4n) is 2.89. The number of aromatic amines is 2. The lowest BCUT2D eigenvalue weighted by molar-refractivity contribution is 0.467. The van der Waals surface area contributed by atoms with Crippen LogP contribution in [0.2, 0.25) is 0 Å². The van der Waals surface area contributed by atoms with E-state index in [0.717, 1.165) is 36.2 Å². The maximum atomic E-state index is 11.7. The van der Waals surface area contributed by atoms with Gasteiger partial charge in [0.05, 0.1) is 0 Å². The van der Waals surface area contributed by atoms with Crippen molar-refractivity contribution >= 4 is 11.6 Å². The van der Waals surface area contributed by atoms with Gasteiger partial charge < -0.3 is 10.2 Å². The second-order valence-electron chi connectivity index (χ2n) is 5.89. The Morgan fingerprint density at radius 2 is 2.12 bits per heavy atom. The number of nitrogens with one attached hydrogen (secondary N) is 3. The molecule has 3 heterocycles. The molecule has 0 saturated carbocycles. The third kappa shape index (κ3) is 3.39. The SMILES string of the molecule is Cn1c(=O)cc(NCC2CCCCN2c2ccc(=O)[nH]n2)[nH]c1=O. The van der Waals surface area contributed by atoms with Crippen molar-refractivity contribution in [2.45, 2.75) is 25.3 Å². The Morgan fingerprint density at radius 3 is 2.83 bits per heavy atom. The molecule has 1 atom stereocenters. The number of H-pyrrole nitrogens is 2. The smallest absolute Gasteiger partial charge is 0.329 e. The summed E-state index contributed by atoms with van der Waals surface area (Å²) in [5, 5.41) is 9.67. The average molecular weight is 332 g/mol. The van der Waals surface area contributed by atoms with Gasteiger partial charge in [-0.1, -0.05) is 0 Å². The van der Waals surface area contributed by atoms with Crippen molar-refractivity contribution in [3.05, 3.63) is 49.4 Å². The first-order chi connectivity index (χ1) is 11.5. The van der Waals surface area contributed by atoms with E-state index >= 15 is 0 Å². The Bertz CT molecular complexity index is 832. The van der Waals surface area contributed by atoms with Crippen molar-refractivity contribution in [2.75, 3.05) is 23.3 Å². The van der Waals surface area contributed by atoms with Gasteiger partial charge in [0.25, 0.3) is 11.1 Å². The quantitative estimate of drug-likeness (QED) is 0.703. The molecule has 3 N–H and O–H groups in total. The molecular weight excluding hydrogens is 312 g/mol. The minimum Gasteiger partial charge on any atom is -0.369 e. The predicted octanol–water partition coefficient (Wildman–Crippen LogP) is -0.372. The molecule has 9 heteroatoms. The van der Waals surface area contributed by atoms with Crippen LogP contribution in [0.4, 0.5) is 11.6 Å². The Kier molecular flexibility index (Phi) is 4.50. The molecule has 1 saturated heterocycles. The van der Waals surface area contributed by atoms with Gasteiger partial charge in [0, 0.05) is 38.3 Å². The predicted molar refractivity (Wildman–Crippen MR) is 90.6 cm³/mol. The Labute approximate surface area is 137 Å². The minimum absolute atomic E-state index is 0.157. The lowest BCUT2D eigenvalue weighted by Gasteiger charge is -2.36. The monoisotopic (exact) mass is 332 g/mol. The summed E-state index contributed by atoms with van der Waals surface area (Å²) in [7, 11) is 1.43. The molecule has 9 nitrogen and oxygen atoms in total. The first-order valence-electron chi connectivity index (χ1n) is 7.91.